The molecule has 7 nitrogen and oxygen atoms in total. The zero-order chi connectivity index (χ0) is 19.3. The van der Waals surface area contributed by atoms with Crippen LogP contribution in [0, 0.1) is 0 Å². The van der Waals surface area contributed by atoms with Crippen molar-refractivity contribution >= 4 is 34.1 Å². The number of rotatable bonds is 5. The van der Waals surface area contributed by atoms with Crippen molar-refractivity contribution in [2.24, 2.45) is 0 Å². The second-order valence-electron chi connectivity index (χ2n) is 6.74. The summed E-state index contributed by atoms with van der Waals surface area (Å²) in [5.41, 5.74) is 2.19. The molecule has 3 heterocycles. The number of anilines is 3. The monoisotopic (exact) mass is 377 g/mol. The molecule has 0 bridgehead atoms. The van der Waals surface area contributed by atoms with Gasteiger partial charge in [-0.15, -0.1) is 0 Å². The third kappa shape index (κ3) is 4.04. The number of nitrogens with one attached hydrogen (secondary N) is 3. The minimum Gasteiger partial charge on any atom is -0.381 e. The minimum absolute atomic E-state index is 0.169. The van der Waals surface area contributed by atoms with Crippen molar-refractivity contribution in [1.82, 2.24) is 15.3 Å². The number of hydrogen-bond acceptors (Lipinski definition) is 6. The summed E-state index contributed by atoms with van der Waals surface area (Å²) in [4.78, 5) is 21.3. The molecule has 1 aliphatic rings. The minimum atomic E-state index is -0.169. The van der Waals surface area contributed by atoms with Gasteiger partial charge in [-0.05, 0) is 31.0 Å². The Hall–Kier alpha value is -3.19. The molecule has 0 saturated carbocycles. The summed E-state index contributed by atoms with van der Waals surface area (Å²) in [6.07, 6.45) is 3.40. The van der Waals surface area contributed by atoms with Gasteiger partial charge in [-0.2, -0.15) is 0 Å². The van der Waals surface area contributed by atoms with E-state index in [9.17, 15) is 4.79 Å². The summed E-state index contributed by atoms with van der Waals surface area (Å²) in [5, 5.41) is 10.5. The van der Waals surface area contributed by atoms with E-state index in [2.05, 4.69) is 25.9 Å². The normalized spacial score (nSPS) is 14.6. The molecule has 0 spiro atoms. The molecular weight excluding hydrogens is 354 g/mol. The van der Waals surface area contributed by atoms with Crippen molar-refractivity contribution < 1.29 is 9.53 Å². The maximum atomic E-state index is 12.2. The first-order chi connectivity index (χ1) is 13.7. The molecule has 0 unspecified atom stereocenters. The van der Waals surface area contributed by atoms with Gasteiger partial charge in [-0.25, -0.2) is 9.97 Å². The quantitative estimate of drug-likeness (QED) is 0.632. The second kappa shape index (κ2) is 8.22. The summed E-state index contributed by atoms with van der Waals surface area (Å²) in [6.45, 7) is 1.45. The summed E-state index contributed by atoms with van der Waals surface area (Å²) >= 11 is 0. The first-order valence-electron chi connectivity index (χ1n) is 9.42. The molecule has 0 radical (unpaired) electrons. The molecule has 3 aromatic rings. The number of carbonyl (C=O) groups is 1. The van der Waals surface area contributed by atoms with Gasteiger partial charge in [0.25, 0.3) is 5.91 Å². The van der Waals surface area contributed by atoms with Crippen LogP contribution in [-0.2, 0) is 4.74 Å². The van der Waals surface area contributed by atoms with E-state index in [0.29, 0.717) is 17.2 Å². The fourth-order valence-electron chi connectivity index (χ4n) is 3.29. The lowest BCUT2D eigenvalue weighted by Gasteiger charge is -2.25. The Morgan fingerprint density at radius 3 is 2.75 bits per heavy atom. The predicted octanol–water partition coefficient (Wildman–Crippen LogP) is 3.32. The fraction of sp³-hybridized carbons (Fsp3) is 0.286. The lowest BCUT2D eigenvalue weighted by Crippen LogP contribution is -2.29. The number of ether oxygens (including phenoxy) is 1. The Morgan fingerprint density at radius 2 is 1.93 bits per heavy atom. The highest BCUT2D eigenvalue weighted by molar-refractivity contribution is 5.99. The van der Waals surface area contributed by atoms with E-state index >= 15 is 0 Å². The van der Waals surface area contributed by atoms with Gasteiger partial charge < -0.3 is 20.7 Å². The van der Waals surface area contributed by atoms with Gasteiger partial charge in [0, 0.05) is 44.0 Å². The maximum absolute atomic E-state index is 12.2. The molecule has 144 valence electrons. The lowest BCUT2D eigenvalue weighted by atomic mass is 10.1. The number of para-hydroxylation sites is 1. The number of carbonyl (C=O) groups excluding carboxylic acids is 1. The fourth-order valence-corrected chi connectivity index (χ4v) is 3.29. The van der Waals surface area contributed by atoms with Crippen molar-refractivity contribution in [3.8, 4) is 0 Å². The van der Waals surface area contributed by atoms with Crippen LogP contribution in [0.1, 0.15) is 23.2 Å². The van der Waals surface area contributed by atoms with Gasteiger partial charge in [-0.3, -0.25) is 4.79 Å². The van der Waals surface area contributed by atoms with Gasteiger partial charge in [0.15, 0.2) is 0 Å². The number of aromatic nitrogens is 2. The zero-order valence-electron chi connectivity index (χ0n) is 15.7. The largest absolute Gasteiger partial charge is 0.381 e. The zero-order valence-corrected chi connectivity index (χ0v) is 15.7. The van der Waals surface area contributed by atoms with Crippen molar-refractivity contribution in [1.29, 1.82) is 0 Å². The number of nitrogens with zero attached hydrogens (tertiary/aromatic N) is 2. The summed E-state index contributed by atoms with van der Waals surface area (Å²) in [7, 11) is 1.62. The van der Waals surface area contributed by atoms with E-state index in [-0.39, 0.29) is 11.9 Å². The van der Waals surface area contributed by atoms with E-state index in [1.807, 2.05) is 42.5 Å². The van der Waals surface area contributed by atoms with Crippen LogP contribution < -0.4 is 16.0 Å². The highest BCUT2D eigenvalue weighted by Crippen LogP contribution is 2.24. The van der Waals surface area contributed by atoms with E-state index < -0.39 is 0 Å². The van der Waals surface area contributed by atoms with Crippen LogP contribution in [-0.4, -0.2) is 42.2 Å². The smallest absolute Gasteiger partial charge is 0.254 e. The molecule has 0 aliphatic carbocycles. The average molecular weight is 377 g/mol. The number of pyridine rings is 2. The van der Waals surface area contributed by atoms with Crippen LogP contribution in [0.3, 0.4) is 0 Å². The first kappa shape index (κ1) is 18.2. The number of amides is 1. The SMILES string of the molecule is CNC(=O)c1cnc(Nc2ccc3ccccc3n2)cc1NC1CCOCC1. The molecule has 1 amide bonds. The molecule has 1 saturated heterocycles. The molecule has 4 rings (SSSR count). The molecule has 0 atom stereocenters. The van der Waals surface area contributed by atoms with Gasteiger partial charge in [0.1, 0.15) is 11.6 Å². The van der Waals surface area contributed by atoms with E-state index in [0.717, 1.165) is 42.6 Å². The van der Waals surface area contributed by atoms with Crippen LogP contribution in [0.4, 0.5) is 17.3 Å². The Bertz CT molecular complexity index is 985. The molecule has 1 aromatic carbocycles. The third-order valence-electron chi connectivity index (χ3n) is 4.81. The summed E-state index contributed by atoms with van der Waals surface area (Å²) in [6, 6.07) is 14.0. The van der Waals surface area contributed by atoms with E-state index in [4.69, 9.17) is 4.74 Å². The number of hydrogen-bond donors (Lipinski definition) is 3. The standard InChI is InChI=1S/C21H23N5O2/c1-22-21(27)16-13-23-20(12-18(16)24-15-8-10-28-11-9-15)26-19-7-6-14-4-2-3-5-17(14)25-19/h2-7,12-13,15H,8-11H2,1H3,(H,22,27)(H2,23,24,25,26). The van der Waals surface area contributed by atoms with Crippen molar-refractivity contribution in [3.05, 3.63) is 54.2 Å². The summed E-state index contributed by atoms with van der Waals surface area (Å²) < 4.78 is 5.42. The van der Waals surface area contributed by atoms with Crippen molar-refractivity contribution in [2.45, 2.75) is 18.9 Å². The van der Waals surface area contributed by atoms with Crippen LogP contribution in [0.25, 0.3) is 10.9 Å². The Labute approximate surface area is 163 Å². The maximum Gasteiger partial charge on any atom is 0.254 e. The molecule has 1 aliphatic heterocycles. The topological polar surface area (TPSA) is 88.2 Å². The highest BCUT2D eigenvalue weighted by Gasteiger charge is 2.18. The first-order valence-corrected chi connectivity index (χ1v) is 9.42. The van der Waals surface area contributed by atoms with E-state index in [1.165, 1.54) is 0 Å². The van der Waals surface area contributed by atoms with Gasteiger partial charge >= 0.3 is 0 Å². The molecule has 3 N–H and O–H groups in total. The van der Waals surface area contributed by atoms with Gasteiger partial charge in [-0.1, -0.05) is 18.2 Å². The molecule has 28 heavy (non-hydrogen) atoms. The van der Waals surface area contributed by atoms with Crippen molar-refractivity contribution in [3.63, 3.8) is 0 Å². The Morgan fingerprint density at radius 1 is 1.11 bits per heavy atom. The second-order valence-corrected chi connectivity index (χ2v) is 6.74. The van der Waals surface area contributed by atoms with Crippen LogP contribution >= 0.6 is 0 Å². The Balaban J connectivity index is 1.60. The van der Waals surface area contributed by atoms with Gasteiger partial charge in [0.2, 0.25) is 0 Å². The Kier molecular flexibility index (Phi) is 5.34. The number of benzene rings is 1. The van der Waals surface area contributed by atoms with Crippen LogP contribution in [0.2, 0.25) is 0 Å². The van der Waals surface area contributed by atoms with E-state index in [1.54, 1.807) is 13.2 Å². The van der Waals surface area contributed by atoms with Crippen LogP contribution in [0.15, 0.2) is 48.7 Å². The molecule has 2 aromatic heterocycles. The lowest BCUT2D eigenvalue weighted by molar-refractivity contribution is 0.0903. The number of fused-ring (bicyclic) bond motifs is 1. The average Bonchev–Trinajstić information content (AvgIpc) is 2.74. The molecule has 1 fully saturated rings. The van der Waals surface area contributed by atoms with Gasteiger partial charge in [0.05, 0.1) is 16.8 Å². The van der Waals surface area contributed by atoms with Crippen molar-refractivity contribution in [2.75, 3.05) is 30.9 Å². The third-order valence-corrected chi connectivity index (χ3v) is 4.81. The molecular formula is C21H23N5O2. The summed E-state index contributed by atoms with van der Waals surface area (Å²) in [5.74, 6) is 1.17. The predicted molar refractivity (Wildman–Crippen MR) is 110 cm³/mol. The highest BCUT2D eigenvalue weighted by atomic mass is 16.5. The van der Waals surface area contributed by atoms with Crippen LogP contribution in [0.5, 0.6) is 0 Å². The molecule has 7 heteroatoms.